The highest BCUT2D eigenvalue weighted by Gasteiger charge is 2.40. The molecule has 4 rings (SSSR count). The van der Waals surface area contributed by atoms with Gasteiger partial charge in [-0.3, -0.25) is 9.59 Å². The molecule has 2 bridgehead atoms. The zero-order chi connectivity index (χ0) is 18.3. The first-order valence-corrected chi connectivity index (χ1v) is 9.73. The van der Waals surface area contributed by atoms with Crippen LogP contribution < -0.4 is 21.3 Å². The number of fused-ring (bicyclic) bond motifs is 3. The molecule has 3 aliphatic rings. The third-order valence-electron chi connectivity index (χ3n) is 6.29. The first-order valence-electron chi connectivity index (χ1n) is 9.73. The van der Waals surface area contributed by atoms with Gasteiger partial charge in [0.1, 0.15) is 0 Å². The number of nitrogens with two attached hydrogens (primary N) is 1. The average molecular weight is 356 g/mol. The zero-order valence-electron chi connectivity index (χ0n) is 15.3. The van der Waals surface area contributed by atoms with E-state index in [4.69, 9.17) is 5.73 Å². The van der Waals surface area contributed by atoms with Crippen molar-refractivity contribution in [3.63, 3.8) is 0 Å². The number of nitrogens with zero attached hydrogens (tertiary/aromatic N) is 1. The van der Waals surface area contributed by atoms with E-state index in [0.717, 1.165) is 31.4 Å². The number of carbonyl (C=O) groups is 2. The molecule has 0 spiro atoms. The molecule has 26 heavy (non-hydrogen) atoms. The van der Waals surface area contributed by atoms with Crippen LogP contribution in [0.5, 0.6) is 0 Å². The zero-order valence-corrected chi connectivity index (χ0v) is 15.3. The SMILES string of the molecule is CN1CCC(=O)Nc2cc(C(=O)NC3C4CCCC3CC(N)C4)ccc21. The van der Waals surface area contributed by atoms with Crippen molar-refractivity contribution >= 4 is 23.2 Å². The van der Waals surface area contributed by atoms with Crippen LogP contribution in [0.3, 0.4) is 0 Å². The Bertz CT molecular complexity index is 706. The van der Waals surface area contributed by atoms with Gasteiger partial charge < -0.3 is 21.3 Å². The Hall–Kier alpha value is -2.08. The molecule has 4 N–H and O–H groups in total. The number of carbonyl (C=O) groups excluding carboxylic acids is 2. The van der Waals surface area contributed by atoms with Crippen molar-refractivity contribution in [1.29, 1.82) is 0 Å². The standard InChI is InChI=1S/C20H28N4O2/c1-24-8-7-18(25)22-16-11-14(5-6-17(16)24)20(26)23-19-12-3-2-4-13(19)10-15(21)9-12/h5-6,11-13,15,19H,2-4,7-10,21H2,1H3,(H,22,25)(H,23,26). The predicted molar refractivity (Wildman–Crippen MR) is 102 cm³/mol. The fraction of sp³-hybridized carbons (Fsp3) is 0.600. The molecule has 1 aromatic carbocycles. The summed E-state index contributed by atoms with van der Waals surface area (Å²) >= 11 is 0. The summed E-state index contributed by atoms with van der Waals surface area (Å²) in [7, 11) is 1.96. The lowest BCUT2D eigenvalue weighted by molar-refractivity contribution is -0.115. The smallest absolute Gasteiger partial charge is 0.251 e. The molecule has 140 valence electrons. The molecule has 1 aromatic rings. The molecule has 2 unspecified atom stereocenters. The molecular formula is C20H28N4O2. The van der Waals surface area contributed by atoms with E-state index < -0.39 is 0 Å². The van der Waals surface area contributed by atoms with Gasteiger partial charge in [-0.1, -0.05) is 6.42 Å². The lowest BCUT2D eigenvalue weighted by Crippen LogP contribution is -2.53. The van der Waals surface area contributed by atoms with Crippen LogP contribution in [0.1, 0.15) is 48.9 Å². The van der Waals surface area contributed by atoms with Crippen molar-refractivity contribution in [2.75, 3.05) is 23.8 Å². The molecule has 2 aliphatic carbocycles. The van der Waals surface area contributed by atoms with Crippen LogP contribution in [-0.2, 0) is 4.79 Å². The van der Waals surface area contributed by atoms with Crippen molar-refractivity contribution in [2.24, 2.45) is 17.6 Å². The van der Waals surface area contributed by atoms with Crippen LogP contribution in [0, 0.1) is 11.8 Å². The van der Waals surface area contributed by atoms with Crippen molar-refractivity contribution in [3.05, 3.63) is 23.8 Å². The highest BCUT2D eigenvalue weighted by Crippen LogP contribution is 2.40. The summed E-state index contributed by atoms with van der Waals surface area (Å²) in [5, 5.41) is 6.20. The molecular weight excluding hydrogens is 328 g/mol. The molecule has 6 heteroatoms. The molecule has 0 saturated heterocycles. The number of amides is 2. The van der Waals surface area contributed by atoms with Crippen molar-refractivity contribution in [3.8, 4) is 0 Å². The maximum Gasteiger partial charge on any atom is 0.251 e. The monoisotopic (exact) mass is 356 g/mol. The van der Waals surface area contributed by atoms with Gasteiger partial charge in [-0.25, -0.2) is 0 Å². The fourth-order valence-corrected chi connectivity index (χ4v) is 4.97. The van der Waals surface area contributed by atoms with Gasteiger partial charge in [0, 0.05) is 37.7 Å². The second-order valence-corrected chi connectivity index (χ2v) is 8.13. The Labute approximate surface area is 154 Å². The van der Waals surface area contributed by atoms with Crippen molar-refractivity contribution in [1.82, 2.24) is 5.32 Å². The first-order chi connectivity index (χ1) is 12.5. The lowest BCUT2D eigenvalue weighted by Gasteiger charge is -2.45. The summed E-state index contributed by atoms with van der Waals surface area (Å²) in [5.74, 6) is 0.927. The van der Waals surface area contributed by atoms with Gasteiger partial charge >= 0.3 is 0 Å². The Morgan fingerprint density at radius 1 is 1.27 bits per heavy atom. The van der Waals surface area contributed by atoms with Gasteiger partial charge in [0.2, 0.25) is 5.91 Å². The van der Waals surface area contributed by atoms with Crippen LogP contribution >= 0.6 is 0 Å². The highest BCUT2D eigenvalue weighted by molar-refractivity contribution is 6.01. The van der Waals surface area contributed by atoms with Crippen molar-refractivity contribution in [2.45, 2.75) is 50.6 Å². The van der Waals surface area contributed by atoms with E-state index in [1.807, 2.05) is 24.1 Å². The molecule has 2 saturated carbocycles. The Morgan fingerprint density at radius 2 is 2.00 bits per heavy atom. The Balaban J connectivity index is 1.53. The number of anilines is 2. The van der Waals surface area contributed by atoms with Crippen LogP contribution in [0.4, 0.5) is 11.4 Å². The molecule has 0 aromatic heterocycles. The summed E-state index contributed by atoms with van der Waals surface area (Å²) in [6.45, 7) is 0.677. The summed E-state index contributed by atoms with van der Waals surface area (Å²) in [6.07, 6.45) is 6.02. The van der Waals surface area contributed by atoms with Crippen LogP contribution in [0.2, 0.25) is 0 Å². The normalized spacial score (nSPS) is 30.8. The molecule has 2 amide bonds. The third kappa shape index (κ3) is 3.30. The van der Waals surface area contributed by atoms with Gasteiger partial charge in [0.15, 0.2) is 0 Å². The molecule has 0 radical (unpaired) electrons. The number of rotatable bonds is 2. The summed E-state index contributed by atoms with van der Waals surface area (Å²) in [6, 6.07) is 6.08. The summed E-state index contributed by atoms with van der Waals surface area (Å²) in [4.78, 5) is 26.8. The van der Waals surface area contributed by atoms with Crippen LogP contribution in [0.15, 0.2) is 18.2 Å². The number of hydrogen-bond donors (Lipinski definition) is 3. The van der Waals surface area contributed by atoms with E-state index in [1.54, 1.807) is 6.07 Å². The Kier molecular flexibility index (Phi) is 4.61. The van der Waals surface area contributed by atoms with Gasteiger partial charge in [0.25, 0.3) is 5.91 Å². The van der Waals surface area contributed by atoms with Crippen molar-refractivity contribution < 1.29 is 9.59 Å². The minimum absolute atomic E-state index is 0.0102. The van der Waals surface area contributed by atoms with E-state index in [2.05, 4.69) is 10.6 Å². The fourth-order valence-electron chi connectivity index (χ4n) is 4.97. The highest BCUT2D eigenvalue weighted by atomic mass is 16.2. The summed E-state index contributed by atoms with van der Waals surface area (Å²) < 4.78 is 0. The number of hydrogen-bond acceptors (Lipinski definition) is 4. The van der Waals surface area contributed by atoms with Crippen LogP contribution in [0.25, 0.3) is 0 Å². The van der Waals surface area contributed by atoms with Gasteiger partial charge in [0.05, 0.1) is 11.4 Å². The topological polar surface area (TPSA) is 87.5 Å². The minimum atomic E-state index is -0.0497. The molecule has 1 heterocycles. The summed E-state index contributed by atoms with van der Waals surface area (Å²) in [5.41, 5.74) is 8.46. The van der Waals surface area contributed by atoms with E-state index >= 15 is 0 Å². The minimum Gasteiger partial charge on any atom is -0.372 e. The maximum atomic E-state index is 12.9. The van der Waals surface area contributed by atoms with E-state index in [-0.39, 0.29) is 23.9 Å². The number of benzene rings is 1. The first kappa shape index (κ1) is 17.3. The van der Waals surface area contributed by atoms with Gasteiger partial charge in [-0.05, 0) is 55.7 Å². The van der Waals surface area contributed by atoms with E-state index in [1.165, 1.54) is 6.42 Å². The van der Waals surface area contributed by atoms with Gasteiger partial charge in [-0.2, -0.15) is 0 Å². The van der Waals surface area contributed by atoms with E-state index in [0.29, 0.717) is 36.1 Å². The quantitative estimate of drug-likeness (QED) is 0.757. The second kappa shape index (κ2) is 6.91. The van der Waals surface area contributed by atoms with Crippen LogP contribution in [-0.4, -0.2) is 37.5 Å². The largest absolute Gasteiger partial charge is 0.372 e. The molecule has 2 atom stereocenters. The van der Waals surface area contributed by atoms with E-state index in [9.17, 15) is 9.59 Å². The lowest BCUT2D eigenvalue weighted by atomic mass is 9.67. The van der Waals surface area contributed by atoms with Gasteiger partial charge in [-0.15, -0.1) is 0 Å². The number of nitrogens with one attached hydrogen (secondary N) is 2. The molecule has 1 aliphatic heterocycles. The molecule has 2 fully saturated rings. The Morgan fingerprint density at radius 3 is 2.73 bits per heavy atom. The molecule has 6 nitrogen and oxygen atoms in total. The predicted octanol–water partition coefficient (Wildman–Crippen LogP) is 2.10. The maximum absolute atomic E-state index is 12.9. The average Bonchev–Trinajstić information content (AvgIpc) is 2.74. The second-order valence-electron chi connectivity index (χ2n) is 8.13. The third-order valence-corrected chi connectivity index (χ3v) is 6.29.